The lowest BCUT2D eigenvalue weighted by molar-refractivity contribution is 0.0809. The van der Waals surface area contributed by atoms with Gasteiger partial charge in [0.2, 0.25) is 0 Å². The van der Waals surface area contributed by atoms with Crippen molar-refractivity contribution < 1.29 is 9.53 Å². The predicted octanol–water partition coefficient (Wildman–Crippen LogP) is 3.15. The van der Waals surface area contributed by atoms with E-state index in [1.807, 2.05) is 13.8 Å². The van der Waals surface area contributed by atoms with Crippen molar-refractivity contribution >= 4 is 5.78 Å². The van der Waals surface area contributed by atoms with Crippen LogP contribution in [0.3, 0.4) is 0 Å². The van der Waals surface area contributed by atoms with Crippen molar-refractivity contribution in [3.63, 3.8) is 0 Å². The molecule has 0 aromatic heterocycles. The molecule has 0 bridgehead atoms. The summed E-state index contributed by atoms with van der Waals surface area (Å²) in [6.07, 6.45) is 2.26. The first-order valence-corrected chi connectivity index (χ1v) is 7.83. The van der Waals surface area contributed by atoms with Crippen LogP contribution in [-0.2, 0) is 4.74 Å². The number of carbonyl (C=O) groups excluding carboxylic acids is 1. The quantitative estimate of drug-likeness (QED) is 0.780. The first kappa shape index (κ1) is 16.2. The van der Waals surface area contributed by atoms with Gasteiger partial charge in [0.15, 0.2) is 5.78 Å². The third kappa shape index (κ3) is 4.14. The minimum Gasteiger partial charge on any atom is -0.384 e. The molecule has 0 aliphatic carbocycles. The third-order valence-electron chi connectivity index (χ3n) is 4.43. The van der Waals surface area contributed by atoms with Crippen molar-refractivity contribution in [3.05, 3.63) is 34.4 Å². The minimum atomic E-state index is 0.259. The van der Waals surface area contributed by atoms with Crippen LogP contribution in [0.1, 0.15) is 39.9 Å². The molecule has 21 heavy (non-hydrogen) atoms. The maximum absolute atomic E-state index is 12.6. The molecule has 0 amide bonds. The zero-order valence-electron chi connectivity index (χ0n) is 13.7. The Labute approximate surface area is 128 Å². The van der Waals surface area contributed by atoms with Gasteiger partial charge in [-0.15, -0.1) is 0 Å². The van der Waals surface area contributed by atoms with Gasteiger partial charge in [0, 0.05) is 19.3 Å². The monoisotopic (exact) mass is 289 g/mol. The molecule has 3 heteroatoms. The van der Waals surface area contributed by atoms with Crippen molar-refractivity contribution in [3.8, 4) is 0 Å². The Balaban J connectivity index is 1.97. The molecule has 116 valence electrons. The van der Waals surface area contributed by atoms with Crippen LogP contribution in [0.15, 0.2) is 12.1 Å². The van der Waals surface area contributed by atoms with Crippen LogP contribution in [0.4, 0.5) is 0 Å². The van der Waals surface area contributed by atoms with Gasteiger partial charge in [-0.3, -0.25) is 9.69 Å². The van der Waals surface area contributed by atoms with E-state index < -0.39 is 0 Å². The minimum absolute atomic E-state index is 0.259. The van der Waals surface area contributed by atoms with E-state index in [1.165, 1.54) is 5.56 Å². The molecule has 0 N–H and O–H groups in total. The second-order valence-electron chi connectivity index (χ2n) is 6.37. The molecule has 3 nitrogen and oxygen atoms in total. The van der Waals surface area contributed by atoms with Gasteiger partial charge < -0.3 is 4.74 Å². The van der Waals surface area contributed by atoms with Crippen LogP contribution in [0.5, 0.6) is 0 Å². The van der Waals surface area contributed by atoms with Crippen molar-refractivity contribution in [2.45, 2.75) is 33.6 Å². The van der Waals surface area contributed by atoms with Gasteiger partial charge in [0.25, 0.3) is 0 Å². The van der Waals surface area contributed by atoms with Gasteiger partial charge in [-0.2, -0.15) is 0 Å². The Kier molecular flexibility index (Phi) is 5.54. The van der Waals surface area contributed by atoms with Crippen LogP contribution < -0.4 is 0 Å². The second kappa shape index (κ2) is 7.19. The SMILES string of the molecule is COCC1CCN(CC(=O)c2c(C)cc(C)cc2C)CC1. The summed E-state index contributed by atoms with van der Waals surface area (Å²) in [6, 6.07) is 4.20. The second-order valence-corrected chi connectivity index (χ2v) is 6.37. The van der Waals surface area contributed by atoms with Gasteiger partial charge >= 0.3 is 0 Å². The lowest BCUT2D eigenvalue weighted by atomic mass is 9.94. The molecular weight excluding hydrogens is 262 g/mol. The highest BCUT2D eigenvalue weighted by molar-refractivity contribution is 6.00. The first-order valence-electron chi connectivity index (χ1n) is 7.83. The zero-order valence-corrected chi connectivity index (χ0v) is 13.7. The number of Topliss-reactive ketones (excluding diaryl/α,β-unsaturated/α-hetero) is 1. The van der Waals surface area contributed by atoms with E-state index in [1.54, 1.807) is 7.11 Å². The lowest BCUT2D eigenvalue weighted by Gasteiger charge is -2.31. The number of rotatable bonds is 5. The number of hydrogen-bond acceptors (Lipinski definition) is 3. The van der Waals surface area contributed by atoms with Gasteiger partial charge in [0.05, 0.1) is 6.54 Å². The highest BCUT2D eigenvalue weighted by Crippen LogP contribution is 2.20. The number of piperidine rings is 1. The number of ether oxygens (including phenoxy) is 1. The standard InChI is InChI=1S/C18H27NO2/c1-13-9-14(2)18(15(3)10-13)17(20)11-19-7-5-16(6-8-19)12-21-4/h9-10,16H,5-8,11-12H2,1-4H3. The Morgan fingerprint density at radius 2 is 1.76 bits per heavy atom. The normalized spacial score (nSPS) is 17.1. The van der Waals surface area contributed by atoms with E-state index in [9.17, 15) is 4.79 Å². The molecule has 0 atom stereocenters. The number of benzene rings is 1. The lowest BCUT2D eigenvalue weighted by Crippen LogP contribution is -2.38. The highest BCUT2D eigenvalue weighted by atomic mass is 16.5. The Morgan fingerprint density at radius 1 is 1.19 bits per heavy atom. The fraction of sp³-hybridized carbons (Fsp3) is 0.611. The maximum Gasteiger partial charge on any atom is 0.177 e. The van der Waals surface area contributed by atoms with Crippen molar-refractivity contribution in [1.82, 2.24) is 4.90 Å². The largest absolute Gasteiger partial charge is 0.384 e. The summed E-state index contributed by atoms with van der Waals surface area (Å²) in [6.45, 7) is 9.56. The number of methoxy groups -OCH3 is 1. The number of nitrogens with zero attached hydrogens (tertiary/aromatic N) is 1. The molecule has 1 aliphatic heterocycles. The number of likely N-dealkylation sites (tertiary alicyclic amines) is 1. The number of hydrogen-bond donors (Lipinski definition) is 0. The van der Waals surface area contributed by atoms with E-state index in [2.05, 4.69) is 24.0 Å². The predicted molar refractivity (Wildman–Crippen MR) is 86.0 cm³/mol. The van der Waals surface area contributed by atoms with Gasteiger partial charge in [-0.1, -0.05) is 17.7 Å². The fourth-order valence-corrected chi connectivity index (χ4v) is 3.45. The van der Waals surface area contributed by atoms with Crippen LogP contribution >= 0.6 is 0 Å². The summed E-state index contributed by atoms with van der Waals surface area (Å²) in [7, 11) is 1.76. The molecule has 1 fully saturated rings. The van der Waals surface area contributed by atoms with Gasteiger partial charge in [-0.25, -0.2) is 0 Å². The van der Waals surface area contributed by atoms with Crippen LogP contribution in [0.25, 0.3) is 0 Å². The average molecular weight is 289 g/mol. The van der Waals surface area contributed by atoms with E-state index in [4.69, 9.17) is 4.74 Å². The highest BCUT2D eigenvalue weighted by Gasteiger charge is 2.22. The molecule has 1 saturated heterocycles. The summed E-state index contributed by atoms with van der Waals surface area (Å²) < 4.78 is 5.22. The molecule has 0 saturated carbocycles. The van der Waals surface area contributed by atoms with Crippen molar-refractivity contribution in [1.29, 1.82) is 0 Å². The molecule has 2 rings (SSSR count). The smallest absolute Gasteiger partial charge is 0.177 e. The summed E-state index contributed by atoms with van der Waals surface area (Å²) in [5.41, 5.74) is 4.35. The maximum atomic E-state index is 12.6. The molecule has 1 aromatic carbocycles. The van der Waals surface area contributed by atoms with E-state index in [0.717, 1.165) is 49.2 Å². The van der Waals surface area contributed by atoms with Gasteiger partial charge in [0.1, 0.15) is 0 Å². The van der Waals surface area contributed by atoms with E-state index in [0.29, 0.717) is 12.5 Å². The summed E-state index contributed by atoms with van der Waals surface area (Å²) in [4.78, 5) is 14.9. The Hall–Kier alpha value is -1.19. The fourth-order valence-electron chi connectivity index (χ4n) is 3.45. The van der Waals surface area contributed by atoms with Crippen LogP contribution in [-0.4, -0.2) is 44.0 Å². The number of ketones is 1. The average Bonchev–Trinajstić information content (AvgIpc) is 2.40. The zero-order chi connectivity index (χ0) is 15.4. The third-order valence-corrected chi connectivity index (χ3v) is 4.43. The summed E-state index contributed by atoms with van der Waals surface area (Å²) in [5.74, 6) is 0.916. The van der Waals surface area contributed by atoms with Crippen molar-refractivity contribution in [2.75, 3.05) is 33.4 Å². The Bertz CT molecular complexity index is 479. The topological polar surface area (TPSA) is 29.5 Å². The number of carbonyl (C=O) groups is 1. The molecular formula is C18H27NO2. The molecule has 0 spiro atoms. The summed E-state index contributed by atoms with van der Waals surface area (Å²) >= 11 is 0. The number of aryl methyl sites for hydroxylation is 3. The summed E-state index contributed by atoms with van der Waals surface area (Å²) in [5, 5.41) is 0. The van der Waals surface area contributed by atoms with E-state index >= 15 is 0 Å². The molecule has 1 heterocycles. The van der Waals surface area contributed by atoms with Crippen LogP contribution in [0.2, 0.25) is 0 Å². The van der Waals surface area contributed by atoms with Crippen LogP contribution in [0, 0.1) is 26.7 Å². The molecule has 1 aliphatic rings. The Morgan fingerprint density at radius 3 is 2.29 bits per heavy atom. The first-order chi connectivity index (χ1) is 10.0. The van der Waals surface area contributed by atoms with Gasteiger partial charge in [-0.05, 0) is 63.7 Å². The molecule has 0 unspecified atom stereocenters. The van der Waals surface area contributed by atoms with E-state index in [-0.39, 0.29) is 5.78 Å². The van der Waals surface area contributed by atoms with Crippen molar-refractivity contribution in [2.24, 2.45) is 5.92 Å². The molecule has 0 radical (unpaired) electrons. The molecule has 1 aromatic rings.